The van der Waals surface area contributed by atoms with Crippen molar-refractivity contribution in [1.82, 2.24) is 10.2 Å². The highest BCUT2D eigenvalue weighted by atomic mass is 16.6. The van der Waals surface area contributed by atoms with Crippen molar-refractivity contribution in [2.75, 3.05) is 18.9 Å². The molecule has 5 heteroatoms. The summed E-state index contributed by atoms with van der Waals surface area (Å²) in [6.45, 7) is 3.17. The van der Waals surface area contributed by atoms with E-state index in [1.54, 1.807) is 6.20 Å². The molecule has 0 saturated heterocycles. The molecular weight excluding hydrogens is 218 g/mol. The van der Waals surface area contributed by atoms with Crippen molar-refractivity contribution < 1.29 is 9.47 Å². The van der Waals surface area contributed by atoms with Crippen molar-refractivity contribution in [2.24, 2.45) is 0 Å². The lowest BCUT2D eigenvalue weighted by Crippen LogP contribution is -2.16. The van der Waals surface area contributed by atoms with E-state index in [1.165, 1.54) is 0 Å². The van der Waals surface area contributed by atoms with E-state index in [4.69, 9.17) is 15.2 Å². The first-order valence-corrected chi connectivity index (χ1v) is 5.45. The Morgan fingerprint density at radius 1 is 1.29 bits per heavy atom. The van der Waals surface area contributed by atoms with Crippen molar-refractivity contribution in [2.45, 2.75) is 6.92 Å². The van der Waals surface area contributed by atoms with E-state index in [1.807, 2.05) is 19.1 Å². The zero-order chi connectivity index (χ0) is 11.8. The molecule has 2 heterocycles. The topological polar surface area (TPSA) is 73.2 Å². The first-order valence-electron chi connectivity index (χ1n) is 5.45. The van der Waals surface area contributed by atoms with Crippen molar-refractivity contribution in [1.29, 1.82) is 0 Å². The summed E-state index contributed by atoms with van der Waals surface area (Å²) in [5.41, 5.74) is 8.71. The predicted octanol–water partition coefficient (Wildman–Crippen LogP) is 1.74. The molecule has 88 valence electrons. The quantitative estimate of drug-likeness (QED) is 0.784. The highest BCUT2D eigenvalue weighted by Gasteiger charge is 2.17. The average Bonchev–Trinajstić information content (AvgIpc) is 2.75. The molecule has 1 aromatic carbocycles. The fraction of sp³-hybridized carbons (Fsp3) is 0.250. The standard InChI is InChI=1S/C12H13N3O2/c1-7-4-8(9-6-14-15-12(9)13)5-10-11(7)17-3-2-16-10/h4-6H,2-3H2,1H3,(H3,13,14,15). The number of nitrogens with zero attached hydrogens (tertiary/aromatic N) is 1. The van der Waals surface area contributed by atoms with Crippen LogP contribution in [0.5, 0.6) is 11.5 Å². The number of benzene rings is 1. The summed E-state index contributed by atoms with van der Waals surface area (Å²) in [5.74, 6) is 2.15. The Bertz CT molecular complexity index is 563. The van der Waals surface area contributed by atoms with Gasteiger partial charge in [-0.2, -0.15) is 5.10 Å². The lowest BCUT2D eigenvalue weighted by molar-refractivity contribution is 0.170. The second-order valence-electron chi connectivity index (χ2n) is 4.01. The Morgan fingerprint density at radius 3 is 2.88 bits per heavy atom. The molecule has 1 aliphatic heterocycles. The maximum Gasteiger partial charge on any atom is 0.164 e. The Hall–Kier alpha value is -2.17. The van der Waals surface area contributed by atoms with Gasteiger partial charge in [-0.25, -0.2) is 0 Å². The fourth-order valence-corrected chi connectivity index (χ4v) is 2.01. The third-order valence-electron chi connectivity index (χ3n) is 2.81. The molecular formula is C12H13N3O2. The van der Waals surface area contributed by atoms with Crippen LogP contribution in [0.1, 0.15) is 5.56 Å². The van der Waals surface area contributed by atoms with Gasteiger partial charge in [0.2, 0.25) is 0 Å². The number of hydrogen-bond acceptors (Lipinski definition) is 4. The SMILES string of the molecule is Cc1cc(-c2cn[nH]c2N)cc2c1OCCO2. The van der Waals surface area contributed by atoms with E-state index in [9.17, 15) is 0 Å². The number of nitrogens with two attached hydrogens (primary N) is 1. The number of ether oxygens (including phenoxy) is 2. The molecule has 0 radical (unpaired) electrons. The molecule has 2 aromatic rings. The van der Waals surface area contributed by atoms with Crippen molar-refractivity contribution >= 4 is 5.82 Å². The highest BCUT2D eigenvalue weighted by molar-refractivity contribution is 5.76. The summed E-state index contributed by atoms with van der Waals surface area (Å²) in [7, 11) is 0. The van der Waals surface area contributed by atoms with Gasteiger partial charge >= 0.3 is 0 Å². The largest absolute Gasteiger partial charge is 0.486 e. The van der Waals surface area contributed by atoms with Crippen LogP contribution in [0.2, 0.25) is 0 Å². The van der Waals surface area contributed by atoms with Crippen LogP contribution in [0.3, 0.4) is 0 Å². The zero-order valence-corrected chi connectivity index (χ0v) is 9.49. The van der Waals surface area contributed by atoms with E-state index < -0.39 is 0 Å². The summed E-state index contributed by atoms with van der Waals surface area (Å²) >= 11 is 0. The summed E-state index contributed by atoms with van der Waals surface area (Å²) < 4.78 is 11.2. The number of hydrogen-bond donors (Lipinski definition) is 2. The number of aryl methyl sites for hydroxylation is 1. The van der Waals surface area contributed by atoms with Crippen LogP contribution in [0.4, 0.5) is 5.82 Å². The van der Waals surface area contributed by atoms with E-state index in [-0.39, 0.29) is 0 Å². The summed E-state index contributed by atoms with van der Waals surface area (Å²) in [6, 6.07) is 3.96. The molecule has 0 fully saturated rings. The number of aromatic amines is 1. The molecule has 3 rings (SSSR count). The minimum Gasteiger partial charge on any atom is -0.486 e. The van der Waals surface area contributed by atoms with E-state index >= 15 is 0 Å². The van der Waals surface area contributed by atoms with Crippen molar-refractivity contribution in [3.05, 3.63) is 23.9 Å². The molecule has 0 amide bonds. The Kier molecular flexibility index (Phi) is 2.18. The number of rotatable bonds is 1. The number of fused-ring (bicyclic) bond motifs is 1. The minimum atomic E-state index is 0.557. The first-order chi connectivity index (χ1) is 8.25. The van der Waals surface area contributed by atoms with Crippen LogP contribution in [-0.4, -0.2) is 23.4 Å². The van der Waals surface area contributed by atoms with Crippen LogP contribution in [0.15, 0.2) is 18.3 Å². The van der Waals surface area contributed by atoms with E-state index in [2.05, 4.69) is 10.2 Å². The van der Waals surface area contributed by atoms with Gasteiger partial charge in [-0.1, -0.05) is 0 Å². The van der Waals surface area contributed by atoms with Gasteiger partial charge in [0.15, 0.2) is 11.5 Å². The second kappa shape index (κ2) is 3.69. The Balaban J connectivity index is 2.14. The van der Waals surface area contributed by atoms with Gasteiger partial charge in [-0.3, -0.25) is 5.10 Å². The van der Waals surface area contributed by atoms with Gasteiger partial charge < -0.3 is 15.2 Å². The number of H-pyrrole nitrogens is 1. The number of aromatic nitrogens is 2. The number of nitrogen functional groups attached to an aromatic ring is 1. The lowest BCUT2D eigenvalue weighted by Gasteiger charge is -2.21. The summed E-state index contributed by atoms with van der Waals surface area (Å²) in [4.78, 5) is 0. The van der Waals surface area contributed by atoms with Gasteiger partial charge in [0.1, 0.15) is 19.0 Å². The third-order valence-corrected chi connectivity index (χ3v) is 2.81. The van der Waals surface area contributed by atoms with Crippen molar-refractivity contribution in [3.8, 4) is 22.6 Å². The van der Waals surface area contributed by atoms with Crippen LogP contribution < -0.4 is 15.2 Å². The maximum atomic E-state index is 5.81. The molecule has 5 nitrogen and oxygen atoms in total. The fourth-order valence-electron chi connectivity index (χ4n) is 2.01. The van der Waals surface area contributed by atoms with E-state index in [0.717, 1.165) is 28.2 Å². The molecule has 1 aromatic heterocycles. The van der Waals surface area contributed by atoms with Gasteiger partial charge in [-0.05, 0) is 30.2 Å². The molecule has 0 saturated carbocycles. The van der Waals surface area contributed by atoms with Crippen LogP contribution >= 0.6 is 0 Å². The highest BCUT2D eigenvalue weighted by Crippen LogP contribution is 2.38. The predicted molar refractivity (Wildman–Crippen MR) is 64.2 cm³/mol. The zero-order valence-electron chi connectivity index (χ0n) is 9.49. The first kappa shape index (κ1) is 10.0. The average molecular weight is 231 g/mol. The number of anilines is 1. The monoisotopic (exact) mass is 231 g/mol. The summed E-state index contributed by atoms with van der Waals surface area (Å²) in [5, 5.41) is 6.64. The van der Waals surface area contributed by atoms with Crippen LogP contribution in [-0.2, 0) is 0 Å². The van der Waals surface area contributed by atoms with Gasteiger partial charge in [0.05, 0.1) is 6.20 Å². The second-order valence-corrected chi connectivity index (χ2v) is 4.01. The number of nitrogens with one attached hydrogen (secondary N) is 1. The third kappa shape index (κ3) is 1.60. The normalized spacial score (nSPS) is 13.7. The molecule has 3 N–H and O–H groups in total. The lowest BCUT2D eigenvalue weighted by atomic mass is 10.0. The Labute approximate surface area is 98.5 Å². The molecule has 17 heavy (non-hydrogen) atoms. The molecule has 0 unspecified atom stereocenters. The van der Waals surface area contributed by atoms with Gasteiger partial charge in [-0.15, -0.1) is 0 Å². The molecule has 1 aliphatic rings. The molecule has 0 bridgehead atoms. The molecule has 0 aliphatic carbocycles. The van der Waals surface area contributed by atoms with E-state index in [0.29, 0.717) is 19.0 Å². The minimum absolute atomic E-state index is 0.557. The molecule has 0 spiro atoms. The smallest absolute Gasteiger partial charge is 0.164 e. The molecule has 0 atom stereocenters. The van der Waals surface area contributed by atoms with Gasteiger partial charge in [0, 0.05) is 5.56 Å². The van der Waals surface area contributed by atoms with Crippen molar-refractivity contribution in [3.63, 3.8) is 0 Å². The maximum absolute atomic E-state index is 5.81. The Morgan fingerprint density at radius 2 is 2.12 bits per heavy atom. The van der Waals surface area contributed by atoms with Gasteiger partial charge in [0.25, 0.3) is 0 Å². The van der Waals surface area contributed by atoms with Crippen LogP contribution in [0.25, 0.3) is 11.1 Å². The summed E-state index contributed by atoms with van der Waals surface area (Å²) in [6.07, 6.45) is 1.71. The van der Waals surface area contributed by atoms with Crippen LogP contribution in [0, 0.1) is 6.92 Å².